The van der Waals surface area contributed by atoms with Crippen molar-refractivity contribution in [3.8, 4) is 5.75 Å². The third-order valence-corrected chi connectivity index (χ3v) is 4.13. The summed E-state index contributed by atoms with van der Waals surface area (Å²) in [7, 11) is 1.69. The fraction of sp³-hybridized carbons (Fsp3) is 0.500. The zero-order valence-electron chi connectivity index (χ0n) is 9.09. The standard InChI is InChI=1S/C12H16Br2O/c1-3-10(13)6-4-9-5-7-12(15-2)11(14)8-9/h5,7-8,10H,3-4,6H2,1-2H3. The molecule has 0 N–H and O–H groups in total. The quantitative estimate of drug-likeness (QED) is 0.716. The van der Waals surface area contributed by atoms with Gasteiger partial charge in [0.1, 0.15) is 5.75 Å². The van der Waals surface area contributed by atoms with Crippen LogP contribution in [0.15, 0.2) is 22.7 Å². The summed E-state index contributed by atoms with van der Waals surface area (Å²) in [5.41, 5.74) is 1.35. The Morgan fingerprint density at radius 2 is 2.13 bits per heavy atom. The molecule has 0 saturated heterocycles. The van der Waals surface area contributed by atoms with E-state index in [0.717, 1.165) is 16.6 Å². The van der Waals surface area contributed by atoms with Crippen LogP contribution in [-0.4, -0.2) is 11.9 Å². The highest BCUT2D eigenvalue weighted by atomic mass is 79.9. The van der Waals surface area contributed by atoms with Crippen molar-refractivity contribution in [3.05, 3.63) is 28.2 Å². The molecule has 0 heterocycles. The number of hydrogen-bond acceptors (Lipinski definition) is 1. The molecule has 0 amide bonds. The van der Waals surface area contributed by atoms with Crippen LogP contribution in [0.2, 0.25) is 0 Å². The SMILES string of the molecule is CCC(Br)CCc1ccc(OC)c(Br)c1. The van der Waals surface area contributed by atoms with Gasteiger partial charge in [-0.15, -0.1) is 0 Å². The van der Waals surface area contributed by atoms with E-state index >= 15 is 0 Å². The van der Waals surface area contributed by atoms with Crippen molar-refractivity contribution in [2.45, 2.75) is 31.0 Å². The van der Waals surface area contributed by atoms with Crippen molar-refractivity contribution in [3.63, 3.8) is 0 Å². The molecule has 0 fully saturated rings. The molecule has 0 spiro atoms. The van der Waals surface area contributed by atoms with Gasteiger partial charge in [0.15, 0.2) is 0 Å². The highest BCUT2D eigenvalue weighted by molar-refractivity contribution is 9.10. The van der Waals surface area contributed by atoms with Gasteiger partial charge >= 0.3 is 0 Å². The summed E-state index contributed by atoms with van der Waals surface area (Å²) in [6.45, 7) is 2.20. The van der Waals surface area contributed by atoms with Crippen LogP contribution in [0.4, 0.5) is 0 Å². The first-order chi connectivity index (χ1) is 7.17. The first-order valence-electron chi connectivity index (χ1n) is 5.13. The van der Waals surface area contributed by atoms with E-state index in [4.69, 9.17) is 4.74 Å². The van der Waals surface area contributed by atoms with Gasteiger partial charge in [0.25, 0.3) is 0 Å². The number of methoxy groups -OCH3 is 1. The Labute approximate surface area is 108 Å². The Morgan fingerprint density at radius 1 is 1.40 bits per heavy atom. The fourth-order valence-corrected chi connectivity index (χ4v) is 2.21. The van der Waals surface area contributed by atoms with Crippen LogP contribution >= 0.6 is 31.9 Å². The maximum Gasteiger partial charge on any atom is 0.133 e. The molecule has 1 unspecified atom stereocenters. The van der Waals surface area contributed by atoms with Gasteiger partial charge in [-0.05, 0) is 52.9 Å². The van der Waals surface area contributed by atoms with Crippen LogP contribution in [0.25, 0.3) is 0 Å². The molecule has 0 radical (unpaired) electrons. The predicted molar refractivity (Wildman–Crippen MR) is 72.0 cm³/mol. The lowest BCUT2D eigenvalue weighted by molar-refractivity contribution is 0.412. The third-order valence-electron chi connectivity index (χ3n) is 2.41. The summed E-state index contributed by atoms with van der Waals surface area (Å²) >= 11 is 7.14. The smallest absolute Gasteiger partial charge is 0.133 e. The zero-order chi connectivity index (χ0) is 11.3. The van der Waals surface area contributed by atoms with Crippen LogP contribution in [0.1, 0.15) is 25.3 Å². The molecule has 0 aliphatic heterocycles. The maximum absolute atomic E-state index is 5.19. The Morgan fingerprint density at radius 3 is 2.67 bits per heavy atom. The van der Waals surface area contributed by atoms with Gasteiger partial charge < -0.3 is 4.74 Å². The lowest BCUT2D eigenvalue weighted by atomic mass is 10.1. The topological polar surface area (TPSA) is 9.23 Å². The van der Waals surface area contributed by atoms with E-state index in [2.05, 4.69) is 50.9 Å². The van der Waals surface area contributed by atoms with Crippen LogP contribution < -0.4 is 4.74 Å². The van der Waals surface area contributed by atoms with Crippen LogP contribution in [-0.2, 0) is 6.42 Å². The number of hydrogen-bond donors (Lipinski definition) is 0. The van der Waals surface area contributed by atoms with Crippen molar-refractivity contribution in [1.29, 1.82) is 0 Å². The number of ether oxygens (including phenoxy) is 1. The van der Waals surface area contributed by atoms with Crippen LogP contribution in [0.5, 0.6) is 5.75 Å². The number of rotatable bonds is 5. The van der Waals surface area contributed by atoms with E-state index in [9.17, 15) is 0 Å². The molecular formula is C12H16Br2O. The monoisotopic (exact) mass is 334 g/mol. The van der Waals surface area contributed by atoms with Gasteiger partial charge in [-0.3, -0.25) is 0 Å². The molecule has 84 valence electrons. The molecule has 1 atom stereocenters. The predicted octanol–water partition coefficient (Wildman–Crippen LogP) is 4.56. The molecule has 15 heavy (non-hydrogen) atoms. The zero-order valence-corrected chi connectivity index (χ0v) is 12.3. The Balaban J connectivity index is 2.59. The summed E-state index contributed by atoms with van der Waals surface area (Å²) in [5.74, 6) is 0.893. The van der Waals surface area contributed by atoms with Crippen molar-refractivity contribution in [2.75, 3.05) is 7.11 Å². The molecule has 0 bridgehead atoms. The second-order valence-corrected chi connectivity index (χ2v) is 5.66. The largest absolute Gasteiger partial charge is 0.496 e. The Kier molecular flexibility index (Phi) is 5.69. The molecule has 0 aliphatic rings. The fourth-order valence-electron chi connectivity index (χ4n) is 1.39. The van der Waals surface area contributed by atoms with Crippen LogP contribution in [0, 0.1) is 0 Å². The second-order valence-electron chi connectivity index (χ2n) is 3.51. The highest BCUT2D eigenvalue weighted by Gasteiger charge is 2.04. The van der Waals surface area contributed by atoms with E-state index in [1.807, 2.05) is 6.07 Å². The summed E-state index contributed by atoms with van der Waals surface area (Å²) in [6, 6.07) is 6.27. The molecule has 1 rings (SSSR count). The van der Waals surface area contributed by atoms with Crippen molar-refractivity contribution < 1.29 is 4.74 Å². The van der Waals surface area contributed by atoms with E-state index in [1.54, 1.807) is 7.11 Å². The number of aryl methyl sites for hydroxylation is 1. The first kappa shape index (κ1) is 13.0. The first-order valence-corrected chi connectivity index (χ1v) is 6.84. The third kappa shape index (κ3) is 4.15. The molecule has 0 saturated carbocycles. The normalized spacial score (nSPS) is 12.5. The maximum atomic E-state index is 5.19. The van der Waals surface area contributed by atoms with Gasteiger partial charge in [0, 0.05) is 4.83 Å². The van der Waals surface area contributed by atoms with Crippen LogP contribution in [0.3, 0.4) is 0 Å². The molecule has 1 aromatic carbocycles. The minimum Gasteiger partial charge on any atom is -0.496 e. The summed E-state index contributed by atoms with van der Waals surface area (Å²) in [5, 5.41) is 0. The molecule has 0 aliphatic carbocycles. The molecule has 1 aromatic rings. The van der Waals surface area contributed by atoms with Gasteiger partial charge in [0.2, 0.25) is 0 Å². The number of halogens is 2. The second kappa shape index (κ2) is 6.54. The minimum absolute atomic E-state index is 0.623. The average molecular weight is 336 g/mol. The van der Waals surface area contributed by atoms with Gasteiger partial charge in [-0.25, -0.2) is 0 Å². The lowest BCUT2D eigenvalue weighted by Crippen LogP contribution is -1.98. The summed E-state index contributed by atoms with van der Waals surface area (Å²) in [4.78, 5) is 0.623. The highest BCUT2D eigenvalue weighted by Crippen LogP contribution is 2.26. The minimum atomic E-state index is 0.623. The number of alkyl halides is 1. The molecule has 0 aromatic heterocycles. The van der Waals surface area contributed by atoms with Crippen molar-refractivity contribution in [1.82, 2.24) is 0 Å². The van der Waals surface area contributed by atoms with Gasteiger partial charge in [0.05, 0.1) is 11.6 Å². The molecular weight excluding hydrogens is 320 g/mol. The van der Waals surface area contributed by atoms with E-state index in [0.29, 0.717) is 4.83 Å². The molecule has 1 nitrogen and oxygen atoms in total. The Hall–Kier alpha value is -0.0200. The van der Waals surface area contributed by atoms with E-state index in [1.165, 1.54) is 18.4 Å². The van der Waals surface area contributed by atoms with E-state index in [-0.39, 0.29) is 0 Å². The lowest BCUT2D eigenvalue weighted by Gasteiger charge is -2.08. The molecule has 3 heteroatoms. The average Bonchev–Trinajstić information content (AvgIpc) is 2.26. The Bertz CT molecular complexity index is 312. The summed E-state index contributed by atoms with van der Waals surface area (Å²) in [6.07, 6.45) is 3.46. The summed E-state index contributed by atoms with van der Waals surface area (Å²) < 4.78 is 6.22. The van der Waals surface area contributed by atoms with Gasteiger partial charge in [-0.1, -0.05) is 28.9 Å². The van der Waals surface area contributed by atoms with Crippen molar-refractivity contribution in [2.24, 2.45) is 0 Å². The van der Waals surface area contributed by atoms with Gasteiger partial charge in [-0.2, -0.15) is 0 Å². The van der Waals surface area contributed by atoms with Crippen molar-refractivity contribution >= 4 is 31.9 Å². The number of benzene rings is 1. The van der Waals surface area contributed by atoms with E-state index < -0.39 is 0 Å².